The Kier molecular flexibility index (Phi) is 11.4. The molecular weight excluding hydrogens is 479 g/mol. The predicted octanol–water partition coefficient (Wildman–Crippen LogP) is 8.90. The zero-order chi connectivity index (χ0) is 22.0. The first-order valence-corrected chi connectivity index (χ1v) is 14.5. The molecule has 1 rings (SSSR count). The molecule has 0 aliphatic rings. The molecule has 0 N–H and O–H groups in total. The van der Waals surface area contributed by atoms with E-state index in [1.165, 1.54) is 15.6 Å². The van der Waals surface area contributed by atoms with E-state index in [-0.39, 0.29) is 0 Å². The molecule has 1 aromatic rings. The van der Waals surface area contributed by atoms with Gasteiger partial charge in [0.25, 0.3) is 0 Å². The fourth-order valence-electron chi connectivity index (χ4n) is 4.28. The molecule has 158 valence electrons. The normalized spacial score (nSPS) is 12.4. The highest BCUT2D eigenvalue weighted by Gasteiger charge is 2.41. The van der Waals surface area contributed by atoms with Crippen LogP contribution in [0.15, 0.2) is 33.4 Å². The summed E-state index contributed by atoms with van der Waals surface area (Å²) in [5.74, 6) is 10.3. The van der Waals surface area contributed by atoms with Gasteiger partial charge in [0.1, 0.15) is 8.07 Å². The third kappa shape index (κ3) is 7.34. The molecule has 0 radical (unpaired) electrons. The average Bonchev–Trinajstić information content (AvgIpc) is 2.65. The van der Waals surface area contributed by atoms with E-state index in [1.54, 1.807) is 0 Å². The average molecular weight is 519 g/mol. The largest absolute Gasteiger partial charge is 0.146 e. The van der Waals surface area contributed by atoms with Gasteiger partial charge in [0, 0.05) is 20.3 Å². The third-order valence-electron chi connectivity index (χ3n) is 5.83. The summed E-state index contributed by atoms with van der Waals surface area (Å²) in [5.41, 5.74) is 9.28. The van der Waals surface area contributed by atoms with Crippen molar-refractivity contribution in [2.75, 3.05) is 0 Å². The second-order valence-electron chi connectivity index (χ2n) is 8.86. The van der Waals surface area contributed by atoms with Crippen molar-refractivity contribution in [2.45, 2.75) is 97.7 Å². The second kappa shape index (κ2) is 12.7. The van der Waals surface area contributed by atoms with E-state index >= 15 is 0 Å². The molecular formula is C27H39ISi. The topological polar surface area (TPSA) is 0 Å². The van der Waals surface area contributed by atoms with Crippen molar-refractivity contribution in [3.63, 3.8) is 0 Å². The molecule has 29 heavy (non-hydrogen) atoms. The summed E-state index contributed by atoms with van der Waals surface area (Å²) in [7, 11) is -1.68. The Hall–Kier alpha value is -0.973. The summed E-state index contributed by atoms with van der Waals surface area (Å²) < 4.78 is 1.42. The molecule has 2 heteroatoms. The number of allylic oxidation sites excluding steroid dienone is 2. The van der Waals surface area contributed by atoms with Crippen molar-refractivity contribution >= 4 is 30.7 Å². The van der Waals surface area contributed by atoms with E-state index < -0.39 is 8.07 Å². The van der Waals surface area contributed by atoms with Gasteiger partial charge in [0.2, 0.25) is 0 Å². The summed E-state index contributed by atoms with van der Waals surface area (Å²) in [6, 6.07) is 8.52. The minimum absolute atomic E-state index is 0.662. The van der Waals surface area contributed by atoms with Crippen LogP contribution < -0.4 is 0 Å². The van der Waals surface area contributed by atoms with Crippen molar-refractivity contribution < 1.29 is 0 Å². The number of hydrogen-bond acceptors (Lipinski definition) is 0. The van der Waals surface area contributed by atoms with Gasteiger partial charge in [-0.25, -0.2) is 0 Å². The molecule has 0 aliphatic carbocycles. The fraction of sp³-hybridized carbons (Fsp3) is 0.556. The monoisotopic (exact) mass is 518 g/mol. The van der Waals surface area contributed by atoms with Gasteiger partial charge in [-0.2, -0.15) is 0 Å². The van der Waals surface area contributed by atoms with Crippen LogP contribution in [0.4, 0.5) is 0 Å². The first-order chi connectivity index (χ1) is 13.7. The van der Waals surface area contributed by atoms with Gasteiger partial charge in [0.05, 0.1) is 0 Å². The summed E-state index contributed by atoms with van der Waals surface area (Å²) >= 11 is 2.47. The van der Waals surface area contributed by atoms with Gasteiger partial charge in [-0.3, -0.25) is 0 Å². The zero-order valence-electron chi connectivity index (χ0n) is 19.7. The minimum Gasteiger partial charge on any atom is -0.125 e. The van der Waals surface area contributed by atoms with E-state index in [2.05, 4.69) is 126 Å². The van der Waals surface area contributed by atoms with Crippen LogP contribution >= 0.6 is 22.6 Å². The fourth-order valence-corrected chi connectivity index (χ4v) is 10.5. The number of hydrogen-bond donors (Lipinski definition) is 0. The lowest BCUT2D eigenvalue weighted by atomic mass is 10.1. The van der Waals surface area contributed by atoms with Crippen molar-refractivity contribution in [1.82, 2.24) is 0 Å². The van der Waals surface area contributed by atoms with Crippen LogP contribution in [0, 0.1) is 23.3 Å². The van der Waals surface area contributed by atoms with Crippen molar-refractivity contribution in [2.24, 2.45) is 0 Å². The molecule has 0 fully saturated rings. The molecule has 0 nitrogen and oxygen atoms in total. The standard InChI is InChI=1S/C27H39ISi/c1-9-11-26(27(28)12-10-2)18-17-24-13-15-25(16-14-24)19-20-29(21(3)4,22(5)6)23(7)8/h13-16,21-23H,9-12H2,1-8H3/b27-26+. The first kappa shape index (κ1) is 26.1. The van der Waals surface area contributed by atoms with Gasteiger partial charge >= 0.3 is 0 Å². The van der Waals surface area contributed by atoms with E-state index in [0.29, 0.717) is 16.6 Å². The maximum atomic E-state index is 3.81. The molecule has 1 aromatic carbocycles. The van der Waals surface area contributed by atoms with Crippen LogP contribution in [0.25, 0.3) is 0 Å². The van der Waals surface area contributed by atoms with Crippen molar-refractivity contribution in [1.29, 1.82) is 0 Å². The Morgan fingerprint density at radius 3 is 1.66 bits per heavy atom. The molecule has 0 unspecified atom stereocenters. The lowest BCUT2D eigenvalue weighted by molar-refractivity contribution is 0.838. The molecule has 0 aromatic heterocycles. The van der Waals surface area contributed by atoms with Crippen LogP contribution in [-0.2, 0) is 0 Å². The molecule has 0 heterocycles. The Morgan fingerprint density at radius 1 is 0.793 bits per heavy atom. The van der Waals surface area contributed by atoms with Crippen LogP contribution in [0.3, 0.4) is 0 Å². The molecule has 0 aliphatic heterocycles. The highest BCUT2D eigenvalue weighted by molar-refractivity contribution is 14.1. The van der Waals surface area contributed by atoms with Gasteiger partial charge in [-0.05, 0) is 76.3 Å². The van der Waals surface area contributed by atoms with Gasteiger partial charge < -0.3 is 0 Å². The summed E-state index contributed by atoms with van der Waals surface area (Å²) in [6.07, 6.45) is 4.52. The van der Waals surface area contributed by atoms with E-state index in [4.69, 9.17) is 0 Å². The number of benzene rings is 1. The molecule has 0 atom stereocenters. The van der Waals surface area contributed by atoms with Crippen LogP contribution in [-0.4, -0.2) is 8.07 Å². The SMILES string of the molecule is CCC/C(I)=C(\C#Cc1ccc(C#C[Si](C(C)C)(C(C)C)C(C)C)cc1)CCC. The maximum absolute atomic E-state index is 3.81. The summed E-state index contributed by atoms with van der Waals surface area (Å²) in [4.78, 5) is 0. The van der Waals surface area contributed by atoms with Crippen LogP contribution in [0.2, 0.25) is 16.6 Å². The van der Waals surface area contributed by atoms with Gasteiger partial charge in [-0.15, -0.1) is 5.54 Å². The molecule has 0 bridgehead atoms. The molecule has 0 saturated carbocycles. The first-order valence-electron chi connectivity index (χ1n) is 11.2. The highest BCUT2D eigenvalue weighted by Crippen LogP contribution is 2.40. The Labute approximate surface area is 195 Å². The summed E-state index contributed by atoms with van der Waals surface area (Å²) in [5, 5.41) is 0. The van der Waals surface area contributed by atoms with E-state index in [1.807, 2.05) is 0 Å². The maximum Gasteiger partial charge on any atom is 0.146 e. The lowest BCUT2D eigenvalue weighted by Gasteiger charge is -2.38. The highest BCUT2D eigenvalue weighted by atomic mass is 127. The summed E-state index contributed by atoms with van der Waals surface area (Å²) in [6.45, 7) is 18.6. The molecule has 0 spiro atoms. The molecule has 0 amide bonds. The van der Waals surface area contributed by atoms with Gasteiger partial charge in [-0.1, -0.05) is 86.0 Å². The predicted molar refractivity (Wildman–Crippen MR) is 142 cm³/mol. The Balaban J connectivity index is 3.14. The molecule has 0 saturated heterocycles. The van der Waals surface area contributed by atoms with Crippen LogP contribution in [0.5, 0.6) is 0 Å². The Bertz CT molecular complexity index is 767. The second-order valence-corrected chi connectivity index (χ2v) is 15.7. The third-order valence-corrected chi connectivity index (χ3v) is 13.3. The minimum atomic E-state index is -1.68. The smallest absolute Gasteiger partial charge is 0.125 e. The number of rotatable bonds is 7. The zero-order valence-corrected chi connectivity index (χ0v) is 22.9. The van der Waals surface area contributed by atoms with Gasteiger partial charge in [0.15, 0.2) is 0 Å². The van der Waals surface area contributed by atoms with Crippen molar-refractivity contribution in [3.8, 4) is 23.3 Å². The van der Waals surface area contributed by atoms with E-state index in [0.717, 1.165) is 30.4 Å². The number of halogens is 1. The quantitative estimate of drug-likeness (QED) is 0.192. The van der Waals surface area contributed by atoms with Crippen molar-refractivity contribution in [3.05, 3.63) is 44.5 Å². The Morgan fingerprint density at radius 2 is 1.24 bits per heavy atom. The lowest BCUT2D eigenvalue weighted by Crippen LogP contribution is -2.43. The van der Waals surface area contributed by atoms with E-state index in [9.17, 15) is 0 Å². The van der Waals surface area contributed by atoms with Crippen LogP contribution in [0.1, 0.15) is 92.2 Å².